The monoisotopic (exact) mass is 984 g/mol. The van der Waals surface area contributed by atoms with Crippen LogP contribution in [0.15, 0.2) is 11.6 Å². The molecule has 0 amide bonds. The van der Waals surface area contributed by atoms with Crippen molar-refractivity contribution in [3.8, 4) is 0 Å². The first-order valence-electron chi connectivity index (χ1n) is 24.7. The lowest BCUT2D eigenvalue weighted by Crippen LogP contribution is -2.68. The van der Waals surface area contributed by atoms with Crippen LogP contribution in [0.2, 0.25) is 0 Å². The zero-order valence-electron chi connectivity index (χ0n) is 40.9. The van der Waals surface area contributed by atoms with Crippen LogP contribution in [0.4, 0.5) is 0 Å². The Labute approximate surface area is 402 Å². The molecule has 20 nitrogen and oxygen atoms in total. The number of carboxylic acid groups (broad SMARTS) is 1. The molecule has 0 aromatic rings. The fourth-order valence-corrected chi connectivity index (χ4v) is 14.9. The number of rotatable bonds is 10. The molecule has 3 aliphatic heterocycles. The van der Waals surface area contributed by atoms with Crippen molar-refractivity contribution in [3.63, 3.8) is 0 Å². The molecule has 4 saturated carbocycles. The van der Waals surface area contributed by atoms with Gasteiger partial charge in [-0.15, -0.1) is 0 Å². The Bertz CT molecular complexity index is 1980. The van der Waals surface area contributed by atoms with Crippen molar-refractivity contribution in [3.05, 3.63) is 11.6 Å². The molecule has 0 aromatic carbocycles. The Morgan fingerprint density at radius 1 is 0.739 bits per heavy atom. The van der Waals surface area contributed by atoms with Gasteiger partial charge in [-0.1, -0.05) is 60.1 Å². The van der Waals surface area contributed by atoms with E-state index in [9.17, 15) is 60.7 Å². The standard InChI is InChI=1S/C49H76O20/c1-21(51)63-19-25-30(54)31(55)35(59)42(65-25)69-39-38(60)45(4)15-16-48(7)22(23(45)17-44(39,2)3)9-10-27-46(5)13-12-28(47(6,20-50)26(46)11-14-49(27,48)8)66-43-37(33(57)32(56)36(67-43)40(61)62)68-41-34(58)29(53)24(52)18-64-41/h9,23-37,39,41-43,50,52-59H,10-20H2,1-8H3,(H,61,62)/t23-,24+,25+,26+,27+,28-,29-,30+,31-,32-,33-,34+,35+,36-,37+,39-,41-,42-,43+,45+,46-,47+,48+,49+/m0/s1. The SMILES string of the molecule is CC(=O)OC[C@H]1O[C@@H](O[C@H]2C(=O)[C@]3(C)CC[C@]4(C)C(=CC[C@@H]5[C@@]6(C)CC[C@H](O[C@@H]7O[C@H](C(=O)O)[C@@H](O)[C@H](O)[C@H]7O[C@@H]7OC[C@@H](O)[C@H](O)[C@H]7O)[C@](C)(CO)[C@@H]6CC[C@]54C)[C@@H]3CC2(C)C)[C@H](O)[C@@H](O)[C@@H]1O. The highest BCUT2D eigenvalue weighted by Gasteiger charge is 2.71. The van der Waals surface area contributed by atoms with Crippen LogP contribution >= 0.6 is 0 Å². The number of Topliss-reactive ketones (excluding diaryl/α,β-unsaturated/α-hetero) is 1. The van der Waals surface area contributed by atoms with Crippen molar-refractivity contribution >= 4 is 17.7 Å². The predicted octanol–water partition coefficient (Wildman–Crippen LogP) is 0.0659. The number of aliphatic hydroxyl groups is 9. The molecule has 5 aliphatic carbocycles. The summed E-state index contributed by atoms with van der Waals surface area (Å²) in [6.45, 7) is 14.9. The van der Waals surface area contributed by atoms with E-state index in [-0.39, 0.29) is 53.0 Å². The summed E-state index contributed by atoms with van der Waals surface area (Å²) in [5.74, 6) is -2.45. The van der Waals surface area contributed by atoms with E-state index < -0.39 is 133 Å². The summed E-state index contributed by atoms with van der Waals surface area (Å²) in [6, 6.07) is 0. The van der Waals surface area contributed by atoms with Crippen molar-refractivity contribution in [1.29, 1.82) is 0 Å². The van der Waals surface area contributed by atoms with Crippen molar-refractivity contribution in [2.24, 2.45) is 50.2 Å². The number of aliphatic carboxylic acids is 1. The maximum atomic E-state index is 15.0. The third-order valence-electron chi connectivity index (χ3n) is 19.4. The molecular formula is C49H76O20. The van der Waals surface area contributed by atoms with Crippen molar-refractivity contribution in [1.82, 2.24) is 0 Å². The lowest BCUT2D eigenvalue weighted by molar-refractivity contribution is -0.367. The molecule has 0 radical (unpaired) electrons. The van der Waals surface area contributed by atoms with Gasteiger partial charge in [-0.2, -0.15) is 0 Å². The minimum atomic E-state index is -1.97. The number of esters is 1. The number of ketones is 1. The van der Waals surface area contributed by atoms with Gasteiger partial charge in [0.1, 0.15) is 73.8 Å². The maximum absolute atomic E-state index is 15.0. The number of allylic oxidation sites excluding steroid dienone is 2. The van der Waals surface area contributed by atoms with Crippen molar-refractivity contribution in [2.75, 3.05) is 19.8 Å². The molecule has 0 aromatic heterocycles. The molecular weight excluding hydrogens is 909 g/mol. The molecule has 8 rings (SSSR count). The molecule has 69 heavy (non-hydrogen) atoms. The molecule has 8 aliphatic rings. The number of carboxylic acids is 1. The Balaban J connectivity index is 1.03. The van der Waals surface area contributed by atoms with Gasteiger partial charge in [-0.05, 0) is 90.8 Å². The van der Waals surface area contributed by atoms with Crippen molar-refractivity contribution in [2.45, 2.75) is 205 Å². The second-order valence-electron chi connectivity index (χ2n) is 23.6. The van der Waals surface area contributed by atoms with Gasteiger partial charge in [-0.3, -0.25) is 9.59 Å². The number of carbonyl (C=O) groups is 3. The van der Waals surface area contributed by atoms with Gasteiger partial charge >= 0.3 is 11.9 Å². The van der Waals surface area contributed by atoms with Gasteiger partial charge in [-0.25, -0.2) is 4.79 Å². The normalized spacial score (nSPS) is 52.9. The van der Waals surface area contributed by atoms with Crippen LogP contribution in [-0.2, 0) is 47.5 Å². The minimum Gasteiger partial charge on any atom is -0.479 e. The van der Waals surface area contributed by atoms with Crippen LogP contribution in [0.25, 0.3) is 0 Å². The minimum absolute atomic E-state index is 0.119. The summed E-state index contributed by atoms with van der Waals surface area (Å²) in [4.78, 5) is 38.8. The lowest BCUT2D eigenvalue weighted by Gasteiger charge is -2.71. The Morgan fingerprint density at radius 3 is 2.07 bits per heavy atom. The zero-order valence-corrected chi connectivity index (χ0v) is 40.9. The first kappa shape index (κ1) is 53.1. The van der Waals surface area contributed by atoms with E-state index in [2.05, 4.69) is 26.8 Å². The predicted molar refractivity (Wildman–Crippen MR) is 236 cm³/mol. The molecule has 3 saturated heterocycles. The van der Waals surface area contributed by atoms with E-state index in [1.807, 2.05) is 27.7 Å². The summed E-state index contributed by atoms with van der Waals surface area (Å²) >= 11 is 0. The third-order valence-corrected chi connectivity index (χ3v) is 19.4. The molecule has 10 N–H and O–H groups in total. The van der Waals surface area contributed by atoms with E-state index in [0.29, 0.717) is 44.9 Å². The highest BCUT2D eigenvalue weighted by Crippen LogP contribution is 2.75. The molecule has 0 spiro atoms. The van der Waals surface area contributed by atoms with Crippen LogP contribution in [0.3, 0.4) is 0 Å². The Kier molecular flexibility index (Phi) is 14.3. The average Bonchev–Trinajstić information content (AvgIpc) is 3.28. The second-order valence-corrected chi connectivity index (χ2v) is 23.6. The van der Waals surface area contributed by atoms with Gasteiger partial charge < -0.3 is 84.2 Å². The number of carbonyl (C=O) groups excluding carboxylic acids is 2. The van der Waals surface area contributed by atoms with Crippen LogP contribution in [0, 0.1) is 50.2 Å². The first-order valence-corrected chi connectivity index (χ1v) is 24.7. The Hall–Kier alpha value is -2.25. The molecule has 0 bridgehead atoms. The molecule has 7 fully saturated rings. The number of aliphatic hydroxyl groups excluding tert-OH is 9. The lowest BCUT2D eigenvalue weighted by atomic mass is 9.33. The molecule has 0 unspecified atom stereocenters. The Morgan fingerprint density at radius 2 is 1.42 bits per heavy atom. The summed E-state index contributed by atoms with van der Waals surface area (Å²) < 4.78 is 41.0. The van der Waals surface area contributed by atoms with Gasteiger partial charge in [0.25, 0.3) is 0 Å². The first-order chi connectivity index (χ1) is 32.1. The van der Waals surface area contributed by atoms with Crippen LogP contribution in [0.1, 0.15) is 107 Å². The number of fused-ring (bicyclic) bond motifs is 7. The van der Waals surface area contributed by atoms with Gasteiger partial charge in [0.2, 0.25) is 0 Å². The summed E-state index contributed by atoms with van der Waals surface area (Å²) in [5.41, 5.74) is -2.22. The highest BCUT2D eigenvalue weighted by molar-refractivity contribution is 5.91. The topological polar surface area (TPSA) is 318 Å². The van der Waals surface area contributed by atoms with E-state index >= 15 is 4.79 Å². The highest BCUT2D eigenvalue weighted by atomic mass is 16.8. The van der Waals surface area contributed by atoms with Crippen LogP contribution < -0.4 is 0 Å². The van der Waals surface area contributed by atoms with Crippen LogP contribution in [0.5, 0.6) is 0 Å². The van der Waals surface area contributed by atoms with E-state index in [4.69, 9.17) is 33.2 Å². The molecule has 24 atom stereocenters. The number of ether oxygens (including phenoxy) is 7. The smallest absolute Gasteiger partial charge is 0.335 e. The third kappa shape index (κ3) is 8.36. The fraction of sp³-hybridized carbons (Fsp3) is 0.898. The van der Waals surface area contributed by atoms with E-state index in [1.54, 1.807) is 0 Å². The van der Waals surface area contributed by atoms with E-state index in [0.717, 1.165) is 6.42 Å². The zero-order chi connectivity index (χ0) is 50.7. The second kappa shape index (κ2) is 18.6. The largest absolute Gasteiger partial charge is 0.479 e. The van der Waals surface area contributed by atoms with Gasteiger partial charge in [0.05, 0.1) is 19.3 Å². The summed E-state index contributed by atoms with van der Waals surface area (Å²) in [6.07, 6.45) is -17.5. The summed E-state index contributed by atoms with van der Waals surface area (Å²) in [7, 11) is 0. The average molecular weight is 985 g/mol. The quantitative estimate of drug-likeness (QED) is 0.0786. The fourth-order valence-electron chi connectivity index (χ4n) is 14.9. The molecule has 392 valence electrons. The summed E-state index contributed by atoms with van der Waals surface area (Å²) in [5, 5.41) is 107. The number of hydrogen-bond acceptors (Lipinski definition) is 19. The van der Waals surface area contributed by atoms with Gasteiger partial charge in [0.15, 0.2) is 30.8 Å². The van der Waals surface area contributed by atoms with Gasteiger partial charge in [0, 0.05) is 17.8 Å². The molecule has 3 heterocycles. The van der Waals surface area contributed by atoms with Crippen molar-refractivity contribution < 1.29 is 98.6 Å². The molecule has 20 heteroatoms. The van der Waals surface area contributed by atoms with E-state index in [1.165, 1.54) is 12.5 Å². The number of hydrogen-bond donors (Lipinski definition) is 10. The maximum Gasteiger partial charge on any atom is 0.335 e. The van der Waals surface area contributed by atoms with Crippen LogP contribution in [-0.4, -0.2) is 187 Å².